The van der Waals surface area contributed by atoms with Gasteiger partial charge in [0.1, 0.15) is 5.82 Å². The molecule has 22 heavy (non-hydrogen) atoms. The molecule has 0 aromatic carbocycles. The number of nitrogens with zero attached hydrogens (tertiary/aromatic N) is 3. The molecular formula is C16H26N4O2. The Morgan fingerprint density at radius 2 is 2.18 bits per heavy atom. The molecule has 1 saturated heterocycles. The Kier molecular flexibility index (Phi) is 4.38. The van der Waals surface area contributed by atoms with E-state index in [1.54, 1.807) is 16.5 Å². The molecular weight excluding hydrogens is 280 g/mol. The average molecular weight is 306 g/mol. The van der Waals surface area contributed by atoms with Gasteiger partial charge >= 0.3 is 6.03 Å². The van der Waals surface area contributed by atoms with E-state index >= 15 is 0 Å². The van der Waals surface area contributed by atoms with E-state index in [-0.39, 0.29) is 18.1 Å². The zero-order valence-corrected chi connectivity index (χ0v) is 13.5. The minimum Gasteiger partial charge on any atom is -0.393 e. The number of urea groups is 1. The molecule has 6 heteroatoms. The van der Waals surface area contributed by atoms with Crippen molar-refractivity contribution in [3.63, 3.8) is 0 Å². The average Bonchev–Trinajstić information content (AvgIpc) is 2.77. The van der Waals surface area contributed by atoms with Crippen LogP contribution in [0.3, 0.4) is 0 Å². The Bertz CT molecular complexity index is 536. The maximum absolute atomic E-state index is 12.4. The Morgan fingerprint density at radius 3 is 2.82 bits per heavy atom. The molecule has 3 rings (SSSR count). The lowest BCUT2D eigenvalue weighted by atomic mass is 9.83. The van der Waals surface area contributed by atoms with Crippen molar-refractivity contribution in [2.75, 3.05) is 18.4 Å². The van der Waals surface area contributed by atoms with E-state index in [0.29, 0.717) is 12.5 Å². The highest BCUT2D eigenvalue weighted by atomic mass is 16.3. The van der Waals surface area contributed by atoms with Crippen LogP contribution < -0.4 is 5.32 Å². The molecule has 1 saturated carbocycles. The van der Waals surface area contributed by atoms with Gasteiger partial charge in [0.25, 0.3) is 0 Å². The van der Waals surface area contributed by atoms with Gasteiger partial charge in [-0.2, -0.15) is 5.10 Å². The van der Waals surface area contributed by atoms with Crippen molar-refractivity contribution in [3.05, 3.63) is 11.8 Å². The molecule has 0 spiro atoms. The largest absolute Gasteiger partial charge is 0.393 e. The Morgan fingerprint density at radius 1 is 1.41 bits per heavy atom. The summed E-state index contributed by atoms with van der Waals surface area (Å²) in [5, 5.41) is 17.2. The van der Waals surface area contributed by atoms with Gasteiger partial charge in [0.05, 0.1) is 11.8 Å². The second-order valence-corrected chi connectivity index (χ2v) is 6.72. The molecule has 1 aromatic heterocycles. The molecule has 6 nitrogen and oxygen atoms in total. The van der Waals surface area contributed by atoms with Crippen LogP contribution in [0.15, 0.2) is 6.07 Å². The highest BCUT2D eigenvalue weighted by molar-refractivity contribution is 5.88. The highest BCUT2D eigenvalue weighted by Gasteiger charge is 2.28. The van der Waals surface area contributed by atoms with Crippen LogP contribution in [-0.2, 0) is 7.05 Å². The molecule has 0 radical (unpaired) electrons. The standard InChI is InChI=1S/C16H26N4O2/c1-11(21)13-7-4-8-20(10-13)16(22)17-15-9-14(18-19(15)2)12-5-3-6-12/h9,11-13,21H,3-8,10H2,1-2H3,(H,17,22). The van der Waals surface area contributed by atoms with Crippen molar-refractivity contribution < 1.29 is 9.90 Å². The van der Waals surface area contributed by atoms with Crippen molar-refractivity contribution >= 4 is 11.8 Å². The number of aliphatic hydroxyl groups is 1. The third-order valence-electron chi connectivity index (χ3n) is 5.08. The molecule has 2 amide bonds. The van der Waals surface area contributed by atoms with E-state index in [1.165, 1.54) is 19.3 Å². The van der Waals surface area contributed by atoms with Crippen LogP contribution >= 0.6 is 0 Å². The number of aliphatic hydroxyl groups excluding tert-OH is 1. The summed E-state index contributed by atoms with van der Waals surface area (Å²) in [7, 11) is 1.87. The van der Waals surface area contributed by atoms with E-state index < -0.39 is 0 Å². The third-order valence-corrected chi connectivity index (χ3v) is 5.08. The number of likely N-dealkylation sites (tertiary alicyclic amines) is 1. The van der Waals surface area contributed by atoms with Gasteiger partial charge in [-0.15, -0.1) is 0 Å². The van der Waals surface area contributed by atoms with Crippen LogP contribution in [0.4, 0.5) is 10.6 Å². The smallest absolute Gasteiger partial charge is 0.323 e. The SMILES string of the molecule is CC(O)C1CCCN(C(=O)Nc2cc(C3CCC3)nn2C)C1. The summed E-state index contributed by atoms with van der Waals surface area (Å²) in [4.78, 5) is 14.2. The number of anilines is 1. The first-order chi connectivity index (χ1) is 10.5. The summed E-state index contributed by atoms with van der Waals surface area (Å²) >= 11 is 0. The van der Waals surface area contributed by atoms with E-state index in [2.05, 4.69) is 10.4 Å². The van der Waals surface area contributed by atoms with Gasteiger partial charge in [-0.25, -0.2) is 4.79 Å². The number of amides is 2. The normalized spacial score (nSPS) is 24.0. The third kappa shape index (κ3) is 3.11. The number of carbonyl (C=O) groups is 1. The highest BCUT2D eigenvalue weighted by Crippen LogP contribution is 2.36. The fourth-order valence-corrected chi connectivity index (χ4v) is 3.29. The van der Waals surface area contributed by atoms with Gasteiger partial charge in [0.2, 0.25) is 0 Å². The predicted molar refractivity (Wildman–Crippen MR) is 84.8 cm³/mol. The number of nitrogens with one attached hydrogen (secondary N) is 1. The molecule has 1 aromatic rings. The van der Waals surface area contributed by atoms with Gasteiger partial charge in [-0.1, -0.05) is 6.42 Å². The lowest BCUT2D eigenvalue weighted by molar-refractivity contribution is 0.0765. The molecule has 2 fully saturated rings. The minimum atomic E-state index is -0.363. The lowest BCUT2D eigenvalue weighted by Crippen LogP contribution is -2.45. The van der Waals surface area contributed by atoms with Crippen molar-refractivity contribution in [1.82, 2.24) is 14.7 Å². The number of hydrogen-bond donors (Lipinski definition) is 2. The molecule has 2 aliphatic rings. The van der Waals surface area contributed by atoms with Gasteiger partial charge in [-0.05, 0) is 32.6 Å². The first-order valence-corrected chi connectivity index (χ1v) is 8.32. The maximum atomic E-state index is 12.4. The molecule has 2 N–H and O–H groups in total. The topological polar surface area (TPSA) is 70.4 Å². The molecule has 122 valence electrons. The maximum Gasteiger partial charge on any atom is 0.323 e. The molecule has 1 aliphatic heterocycles. The van der Waals surface area contributed by atoms with Crippen molar-refractivity contribution in [2.45, 2.75) is 51.0 Å². The van der Waals surface area contributed by atoms with Crippen LogP contribution in [0.1, 0.15) is 50.6 Å². The van der Waals surface area contributed by atoms with Crippen LogP contribution in [-0.4, -0.2) is 45.0 Å². The minimum absolute atomic E-state index is 0.0893. The second kappa shape index (κ2) is 6.28. The summed E-state index contributed by atoms with van der Waals surface area (Å²) in [5.41, 5.74) is 1.09. The zero-order valence-electron chi connectivity index (χ0n) is 13.5. The lowest BCUT2D eigenvalue weighted by Gasteiger charge is -2.34. The molecule has 2 heterocycles. The quantitative estimate of drug-likeness (QED) is 0.900. The molecule has 0 bridgehead atoms. The summed E-state index contributed by atoms with van der Waals surface area (Å²) < 4.78 is 1.75. The Balaban J connectivity index is 1.62. The summed E-state index contributed by atoms with van der Waals surface area (Å²) in [6.07, 6.45) is 5.25. The number of hydrogen-bond acceptors (Lipinski definition) is 3. The molecule has 2 atom stereocenters. The van der Waals surface area contributed by atoms with Crippen molar-refractivity contribution in [1.29, 1.82) is 0 Å². The van der Waals surface area contributed by atoms with Crippen LogP contribution in [0.5, 0.6) is 0 Å². The van der Waals surface area contributed by atoms with E-state index in [0.717, 1.165) is 30.9 Å². The van der Waals surface area contributed by atoms with E-state index in [1.807, 2.05) is 13.1 Å². The molecule has 1 aliphatic carbocycles. The van der Waals surface area contributed by atoms with E-state index in [9.17, 15) is 9.90 Å². The fraction of sp³-hybridized carbons (Fsp3) is 0.750. The zero-order chi connectivity index (χ0) is 15.7. The van der Waals surface area contributed by atoms with Gasteiger partial charge < -0.3 is 10.0 Å². The van der Waals surface area contributed by atoms with Gasteiger partial charge in [0, 0.05) is 38.0 Å². The summed E-state index contributed by atoms with van der Waals surface area (Å²) in [6, 6.07) is 1.91. The van der Waals surface area contributed by atoms with Crippen molar-refractivity contribution in [3.8, 4) is 0 Å². The first kappa shape index (κ1) is 15.3. The number of aromatic nitrogens is 2. The Labute approximate surface area is 131 Å². The number of piperidine rings is 1. The second-order valence-electron chi connectivity index (χ2n) is 6.72. The first-order valence-electron chi connectivity index (χ1n) is 8.32. The summed E-state index contributed by atoms with van der Waals surface area (Å²) in [5.74, 6) is 1.49. The monoisotopic (exact) mass is 306 g/mol. The number of rotatable bonds is 3. The fourth-order valence-electron chi connectivity index (χ4n) is 3.29. The van der Waals surface area contributed by atoms with Crippen LogP contribution in [0.25, 0.3) is 0 Å². The van der Waals surface area contributed by atoms with Crippen LogP contribution in [0.2, 0.25) is 0 Å². The Hall–Kier alpha value is -1.56. The van der Waals surface area contributed by atoms with Gasteiger partial charge in [-0.3, -0.25) is 10.00 Å². The number of aryl methyl sites for hydroxylation is 1. The summed E-state index contributed by atoms with van der Waals surface area (Å²) in [6.45, 7) is 3.18. The van der Waals surface area contributed by atoms with Crippen molar-refractivity contribution in [2.24, 2.45) is 13.0 Å². The van der Waals surface area contributed by atoms with Crippen LogP contribution in [0, 0.1) is 5.92 Å². The number of carbonyl (C=O) groups excluding carboxylic acids is 1. The predicted octanol–water partition coefficient (Wildman–Crippen LogP) is 2.31. The molecule has 2 unspecified atom stereocenters. The van der Waals surface area contributed by atoms with Gasteiger partial charge in [0.15, 0.2) is 0 Å². The van der Waals surface area contributed by atoms with E-state index in [4.69, 9.17) is 0 Å².